The largest absolute Gasteiger partial charge is 0.378 e. The molecule has 3 N–H and O–H groups in total. The van der Waals surface area contributed by atoms with Crippen molar-refractivity contribution < 1.29 is 0 Å². The van der Waals surface area contributed by atoms with Crippen molar-refractivity contribution in [2.75, 3.05) is 30.9 Å². The van der Waals surface area contributed by atoms with E-state index in [4.69, 9.17) is 5.73 Å². The predicted octanol–water partition coefficient (Wildman–Crippen LogP) is 2.31. The van der Waals surface area contributed by atoms with Crippen LogP contribution in [-0.4, -0.2) is 26.6 Å². The van der Waals surface area contributed by atoms with Gasteiger partial charge >= 0.3 is 0 Å². The zero-order valence-corrected chi connectivity index (χ0v) is 11.4. The molecule has 0 atom stereocenters. The Labute approximate surface area is 109 Å². The summed E-state index contributed by atoms with van der Waals surface area (Å²) in [5.41, 5.74) is 7.84. The molecule has 0 unspecified atom stereocenters. The lowest BCUT2D eigenvalue weighted by atomic mass is 10.2. The molecule has 1 aromatic carbocycles. The van der Waals surface area contributed by atoms with Crippen LogP contribution < -0.4 is 16.0 Å². The van der Waals surface area contributed by atoms with Crippen molar-refractivity contribution in [2.24, 2.45) is 10.7 Å². The first-order valence-electron chi connectivity index (χ1n) is 5.48. The monoisotopic (exact) mass is 256 g/mol. The van der Waals surface area contributed by atoms with Gasteiger partial charge in [0.05, 0.1) is 0 Å². The van der Waals surface area contributed by atoms with Crippen LogP contribution in [-0.2, 0) is 0 Å². The number of nitrogens with one attached hydrogen (secondary N) is 1. The molecular weight excluding hydrogens is 236 g/mol. The fraction of sp³-hybridized carbons (Fsp3) is 0.417. The van der Waals surface area contributed by atoms with Gasteiger partial charge in [-0.2, -0.15) is 0 Å². The molecule has 0 aliphatic rings. The molecule has 17 heavy (non-hydrogen) atoms. The standard InChI is InChI=1S/C12H20N4.ClH/c1-4-9-14-12(13)15-10-5-7-11(8-6-10)16(2)3;/h5-8H,4,9H2,1-3H3,(H3,13,14,15);1H. The minimum atomic E-state index is 0. The Kier molecular flexibility index (Phi) is 7.14. The zero-order chi connectivity index (χ0) is 12.0. The summed E-state index contributed by atoms with van der Waals surface area (Å²) in [5, 5.41) is 3.05. The Morgan fingerprint density at radius 1 is 1.29 bits per heavy atom. The highest BCUT2D eigenvalue weighted by atomic mass is 35.5. The van der Waals surface area contributed by atoms with Crippen molar-refractivity contribution in [3.63, 3.8) is 0 Å². The van der Waals surface area contributed by atoms with Crippen LogP contribution in [0.2, 0.25) is 0 Å². The van der Waals surface area contributed by atoms with Gasteiger partial charge in [0.2, 0.25) is 0 Å². The average Bonchev–Trinajstić information content (AvgIpc) is 2.27. The first-order valence-corrected chi connectivity index (χ1v) is 5.48. The molecule has 0 heterocycles. The molecule has 1 aromatic rings. The number of halogens is 1. The van der Waals surface area contributed by atoms with Gasteiger partial charge < -0.3 is 16.0 Å². The predicted molar refractivity (Wildman–Crippen MR) is 78.4 cm³/mol. The van der Waals surface area contributed by atoms with Gasteiger partial charge in [0, 0.05) is 32.0 Å². The minimum absolute atomic E-state index is 0. The molecule has 0 bridgehead atoms. The Morgan fingerprint density at radius 2 is 1.88 bits per heavy atom. The summed E-state index contributed by atoms with van der Waals surface area (Å²) >= 11 is 0. The molecule has 0 amide bonds. The van der Waals surface area contributed by atoms with Crippen LogP contribution in [0.25, 0.3) is 0 Å². The summed E-state index contributed by atoms with van der Waals surface area (Å²) in [4.78, 5) is 6.22. The Morgan fingerprint density at radius 3 is 2.35 bits per heavy atom. The number of nitrogens with two attached hydrogens (primary N) is 1. The van der Waals surface area contributed by atoms with E-state index in [1.54, 1.807) is 0 Å². The number of rotatable bonds is 4. The van der Waals surface area contributed by atoms with Crippen LogP contribution in [0, 0.1) is 0 Å². The number of anilines is 2. The SMILES string of the molecule is CCCN=C(N)Nc1ccc(N(C)C)cc1.Cl. The van der Waals surface area contributed by atoms with E-state index in [0.717, 1.165) is 24.3 Å². The molecule has 0 saturated carbocycles. The molecule has 0 spiro atoms. The Bertz CT molecular complexity index is 346. The quantitative estimate of drug-likeness (QED) is 0.642. The molecule has 0 fully saturated rings. The summed E-state index contributed by atoms with van der Waals surface area (Å²) in [6.45, 7) is 2.83. The van der Waals surface area contributed by atoms with Gasteiger partial charge in [-0.3, -0.25) is 4.99 Å². The summed E-state index contributed by atoms with van der Waals surface area (Å²) in [7, 11) is 4.03. The first kappa shape index (κ1) is 15.6. The van der Waals surface area contributed by atoms with Gasteiger partial charge in [-0.05, 0) is 30.7 Å². The molecule has 5 heteroatoms. The van der Waals surface area contributed by atoms with Crippen LogP contribution in [0.15, 0.2) is 29.3 Å². The number of hydrogen-bond donors (Lipinski definition) is 2. The molecular formula is C12H21ClN4. The number of aliphatic imine (C=N–C) groups is 1. The second kappa shape index (κ2) is 7.79. The fourth-order valence-electron chi connectivity index (χ4n) is 1.26. The van der Waals surface area contributed by atoms with E-state index in [1.807, 2.05) is 38.4 Å². The molecule has 0 aromatic heterocycles. The number of hydrogen-bond acceptors (Lipinski definition) is 2. The molecule has 0 aliphatic carbocycles. The van der Waals surface area contributed by atoms with Crippen molar-refractivity contribution in [3.05, 3.63) is 24.3 Å². The lowest BCUT2D eigenvalue weighted by Crippen LogP contribution is -2.22. The smallest absolute Gasteiger partial charge is 0.193 e. The van der Waals surface area contributed by atoms with Crippen molar-refractivity contribution in [2.45, 2.75) is 13.3 Å². The van der Waals surface area contributed by atoms with Crippen molar-refractivity contribution in [3.8, 4) is 0 Å². The van der Waals surface area contributed by atoms with Gasteiger partial charge in [-0.25, -0.2) is 0 Å². The van der Waals surface area contributed by atoms with Gasteiger partial charge in [0.15, 0.2) is 5.96 Å². The topological polar surface area (TPSA) is 53.6 Å². The van der Waals surface area contributed by atoms with E-state index in [1.165, 1.54) is 0 Å². The third kappa shape index (κ3) is 5.45. The molecule has 0 aliphatic heterocycles. The minimum Gasteiger partial charge on any atom is -0.378 e. The van der Waals surface area contributed by atoms with Crippen LogP contribution in [0.4, 0.5) is 11.4 Å². The summed E-state index contributed by atoms with van der Waals surface area (Å²) in [6.07, 6.45) is 1.00. The molecule has 0 saturated heterocycles. The molecule has 1 rings (SSSR count). The van der Waals surface area contributed by atoms with E-state index in [2.05, 4.69) is 22.1 Å². The van der Waals surface area contributed by atoms with Crippen LogP contribution in [0.3, 0.4) is 0 Å². The molecule has 4 nitrogen and oxygen atoms in total. The maximum absolute atomic E-state index is 5.72. The third-order valence-corrected chi connectivity index (χ3v) is 2.16. The van der Waals surface area contributed by atoms with Crippen LogP contribution in [0.1, 0.15) is 13.3 Å². The number of guanidine groups is 1. The van der Waals surface area contributed by atoms with Gasteiger partial charge in [0.25, 0.3) is 0 Å². The Hall–Kier alpha value is -1.42. The van der Waals surface area contributed by atoms with E-state index in [-0.39, 0.29) is 12.4 Å². The highest BCUT2D eigenvalue weighted by Gasteiger charge is 1.96. The normalized spacial score (nSPS) is 10.6. The van der Waals surface area contributed by atoms with Gasteiger partial charge in [-0.15, -0.1) is 12.4 Å². The summed E-state index contributed by atoms with van der Waals surface area (Å²) in [5.74, 6) is 0.472. The van der Waals surface area contributed by atoms with Crippen molar-refractivity contribution in [1.82, 2.24) is 0 Å². The third-order valence-electron chi connectivity index (χ3n) is 2.16. The summed E-state index contributed by atoms with van der Waals surface area (Å²) < 4.78 is 0. The van der Waals surface area contributed by atoms with Crippen molar-refractivity contribution >= 4 is 29.7 Å². The number of benzene rings is 1. The fourth-order valence-corrected chi connectivity index (χ4v) is 1.26. The highest BCUT2D eigenvalue weighted by molar-refractivity contribution is 5.92. The Balaban J connectivity index is 0.00000256. The maximum atomic E-state index is 5.72. The average molecular weight is 257 g/mol. The number of nitrogens with zero attached hydrogens (tertiary/aromatic N) is 2. The maximum Gasteiger partial charge on any atom is 0.193 e. The van der Waals surface area contributed by atoms with E-state index in [0.29, 0.717) is 5.96 Å². The highest BCUT2D eigenvalue weighted by Crippen LogP contribution is 2.15. The lowest BCUT2D eigenvalue weighted by molar-refractivity contribution is 0.929. The molecule has 96 valence electrons. The van der Waals surface area contributed by atoms with Crippen molar-refractivity contribution in [1.29, 1.82) is 0 Å². The van der Waals surface area contributed by atoms with Crippen LogP contribution in [0.5, 0.6) is 0 Å². The van der Waals surface area contributed by atoms with E-state index in [9.17, 15) is 0 Å². The van der Waals surface area contributed by atoms with Crippen LogP contribution >= 0.6 is 12.4 Å². The van der Waals surface area contributed by atoms with Gasteiger partial charge in [-0.1, -0.05) is 6.92 Å². The zero-order valence-electron chi connectivity index (χ0n) is 10.6. The van der Waals surface area contributed by atoms with E-state index < -0.39 is 0 Å². The molecule has 0 radical (unpaired) electrons. The first-order chi connectivity index (χ1) is 7.63. The second-order valence-electron chi connectivity index (χ2n) is 3.83. The van der Waals surface area contributed by atoms with Gasteiger partial charge in [0.1, 0.15) is 0 Å². The lowest BCUT2D eigenvalue weighted by Gasteiger charge is -2.13. The van der Waals surface area contributed by atoms with E-state index >= 15 is 0 Å². The summed E-state index contributed by atoms with van der Waals surface area (Å²) in [6, 6.07) is 8.05. The second-order valence-corrected chi connectivity index (χ2v) is 3.83.